The Morgan fingerprint density at radius 1 is 1.38 bits per heavy atom. The molecule has 1 amide bonds. The average Bonchev–Trinajstić information content (AvgIpc) is 2.95. The van der Waals surface area contributed by atoms with Crippen molar-refractivity contribution in [1.82, 2.24) is 5.32 Å². The van der Waals surface area contributed by atoms with Crippen molar-refractivity contribution in [3.63, 3.8) is 0 Å². The number of carboxylic acid groups (broad SMARTS) is 1. The van der Waals surface area contributed by atoms with Crippen molar-refractivity contribution in [3.05, 3.63) is 0 Å². The van der Waals surface area contributed by atoms with Crippen LogP contribution in [0.15, 0.2) is 0 Å². The Balaban J connectivity index is 2.04. The summed E-state index contributed by atoms with van der Waals surface area (Å²) in [6, 6.07) is -0.567. The third-order valence-corrected chi connectivity index (χ3v) is 5.66. The monoisotopic (exact) mass is 341 g/mol. The highest BCUT2D eigenvalue weighted by atomic mass is 16.4. The van der Waals surface area contributed by atoms with Crippen molar-refractivity contribution in [2.75, 3.05) is 0 Å². The second-order valence-electron chi connectivity index (χ2n) is 7.46. The van der Waals surface area contributed by atoms with Crippen LogP contribution in [0.5, 0.6) is 0 Å². The number of nitrogens with two attached hydrogens (primary N) is 2. The summed E-state index contributed by atoms with van der Waals surface area (Å²) in [6.45, 7) is 1.63. The minimum atomic E-state index is -1.39. The van der Waals surface area contributed by atoms with Gasteiger partial charge in [0.25, 0.3) is 0 Å². The number of amides is 1. The molecule has 2 aliphatic rings. The lowest BCUT2D eigenvalue weighted by atomic mass is 9.75. The van der Waals surface area contributed by atoms with Crippen LogP contribution in [0.1, 0.15) is 39.0 Å². The first kappa shape index (κ1) is 19.2. The zero-order valence-corrected chi connectivity index (χ0v) is 14.0. The predicted octanol–water partition coefficient (Wildman–Crippen LogP) is -1.10. The molecule has 2 fully saturated rings. The molecule has 2 saturated carbocycles. The van der Waals surface area contributed by atoms with Gasteiger partial charge in [-0.1, -0.05) is 6.42 Å². The van der Waals surface area contributed by atoms with Crippen LogP contribution in [-0.2, 0) is 9.59 Å². The van der Waals surface area contributed by atoms with Crippen molar-refractivity contribution in [1.29, 1.82) is 0 Å². The van der Waals surface area contributed by atoms with Crippen molar-refractivity contribution in [3.8, 4) is 0 Å². The Labute approximate surface area is 142 Å². The highest BCUT2D eigenvalue weighted by molar-refractivity contribution is 6.40. The highest BCUT2D eigenvalue weighted by Crippen LogP contribution is 2.53. The number of carboxylic acids is 1. The molecular weight excluding hydrogens is 313 g/mol. The summed E-state index contributed by atoms with van der Waals surface area (Å²) in [5.41, 5.74) is 10.5. The van der Waals surface area contributed by atoms with Gasteiger partial charge >= 0.3 is 13.1 Å². The lowest BCUT2D eigenvalue weighted by Crippen LogP contribution is -2.53. The van der Waals surface area contributed by atoms with E-state index in [4.69, 9.17) is 21.5 Å². The fourth-order valence-electron chi connectivity index (χ4n) is 4.54. The molecule has 6 atom stereocenters. The molecule has 2 rings (SSSR count). The van der Waals surface area contributed by atoms with Gasteiger partial charge in [0.1, 0.15) is 5.54 Å². The SMILES string of the molecule is C[C@H](N)C(=O)NC1CC2CC(N)(C(=O)O)C(CCCB(O)O)C2C1. The van der Waals surface area contributed by atoms with Crippen LogP contribution in [0.3, 0.4) is 0 Å². The zero-order chi connectivity index (χ0) is 18.1. The Bertz CT molecular complexity index is 490. The molecule has 8 N–H and O–H groups in total. The molecule has 0 heterocycles. The molecule has 136 valence electrons. The largest absolute Gasteiger partial charge is 0.480 e. The van der Waals surface area contributed by atoms with Gasteiger partial charge < -0.3 is 31.9 Å². The Kier molecular flexibility index (Phi) is 5.90. The summed E-state index contributed by atoms with van der Waals surface area (Å²) in [6.07, 6.45) is 3.05. The summed E-state index contributed by atoms with van der Waals surface area (Å²) < 4.78 is 0. The fourth-order valence-corrected chi connectivity index (χ4v) is 4.54. The van der Waals surface area contributed by atoms with E-state index in [1.165, 1.54) is 0 Å². The maximum Gasteiger partial charge on any atom is 0.451 e. The van der Waals surface area contributed by atoms with Gasteiger partial charge in [0.05, 0.1) is 6.04 Å². The topological polar surface area (TPSA) is 159 Å². The summed E-state index contributed by atoms with van der Waals surface area (Å²) in [5, 5.41) is 30.5. The molecule has 0 aromatic rings. The molecule has 9 heteroatoms. The summed E-state index contributed by atoms with van der Waals surface area (Å²) >= 11 is 0. The van der Waals surface area contributed by atoms with Crippen LogP contribution < -0.4 is 16.8 Å². The minimum Gasteiger partial charge on any atom is -0.480 e. The lowest BCUT2D eigenvalue weighted by Gasteiger charge is -2.31. The highest BCUT2D eigenvalue weighted by Gasteiger charge is 2.58. The molecule has 0 aliphatic heterocycles. The average molecular weight is 341 g/mol. The van der Waals surface area contributed by atoms with Gasteiger partial charge in [0.15, 0.2) is 0 Å². The predicted molar refractivity (Wildman–Crippen MR) is 88.7 cm³/mol. The Morgan fingerprint density at radius 2 is 2.04 bits per heavy atom. The molecule has 0 aromatic carbocycles. The maximum absolute atomic E-state index is 11.8. The zero-order valence-electron chi connectivity index (χ0n) is 14.0. The van der Waals surface area contributed by atoms with Gasteiger partial charge in [-0.25, -0.2) is 0 Å². The van der Waals surface area contributed by atoms with E-state index in [2.05, 4.69) is 5.32 Å². The maximum atomic E-state index is 11.8. The van der Waals surface area contributed by atoms with Gasteiger partial charge in [0.2, 0.25) is 5.91 Å². The number of nitrogens with one attached hydrogen (secondary N) is 1. The number of fused-ring (bicyclic) bond motifs is 1. The summed E-state index contributed by atoms with van der Waals surface area (Å²) in [5.74, 6) is -1.13. The molecule has 5 unspecified atom stereocenters. The van der Waals surface area contributed by atoms with Crippen molar-refractivity contribution < 1.29 is 24.7 Å². The van der Waals surface area contributed by atoms with Crippen LogP contribution in [0.4, 0.5) is 0 Å². The molecular formula is C15H28BN3O5. The number of hydrogen-bond donors (Lipinski definition) is 6. The van der Waals surface area contributed by atoms with Crippen LogP contribution in [0.25, 0.3) is 0 Å². The van der Waals surface area contributed by atoms with E-state index in [0.717, 1.165) is 0 Å². The standard InChI is InChI=1S/C15H28BN3O5/c1-8(17)13(20)19-10-5-9-7-15(18,14(21)22)12(11(9)6-10)3-2-4-16(23)24/h8-12,23-24H,2-7,17-18H2,1H3,(H,19,20)(H,21,22)/t8-,9?,10?,11?,12?,15?/m0/s1. The van der Waals surface area contributed by atoms with Crippen LogP contribution in [-0.4, -0.2) is 51.8 Å². The van der Waals surface area contributed by atoms with Crippen LogP contribution in [0.2, 0.25) is 6.32 Å². The molecule has 0 saturated heterocycles. The van der Waals surface area contributed by atoms with Gasteiger partial charge in [-0.05, 0) is 56.7 Å². The molecule has 0 radical (unpaired) electrons. The number of rotatable bonds is 7. The number of carbonyl (C=O) groups is 2. The third kappa shape index (κ3) is 3.91. The first-order valence-electron chi connectivity index (χ1n) is 8.59. The molecule has 0 aromatic heterocycles. The summed E-state index contributed by atoms with van der Waals surface area (Å²) in [7, 11) is -1.39. The molecule has 0 spiro atoms. The molecule has 24 heavy (non-hydrogen) atoms. The molecule has 8 nitrogen and oxygen atoms in total. The molecule has 2 aliphatic carbocycles. The normalized spacial score (nSPS) is 36.2. The second kappa shape index (κ2) is 7.39. The third-order valence-electron chi connectivity index (χ3n) is 5.66. The first-order chi connectivity index (χ1) is 11.1. The van der Waals surface area contributed by atoms with Crippen molar-refractivity contribution >= 4 is 19.0 Å². The smallest absolute Gasteiger partial charge is 0.451 e. The Morgan fingerprint density at radius 3 is 2.58 bits per heavy atom. The van der Waals surface area contributed by atoms with Gasteiger partial charge in [-0.2, -0.15) is 0 Å². The quantitative estimate of drug-likeness (QED) is 0.321. The second-order valence-corrected chi connectivity index (χ2v) is 7.46. The van der Waals surface area contributed by atoms with Crippen molar-refractivity contribution in [2.45, 2.75) is 63.0 Å². The van der Waals surface area contributed by atoms with E-state index < -0.39 is 24.7 Å². The Hall–Kier alpha value is -1.16. The van der Waals surface area contributed by atoms with E-state index >= 15 is 0 Å². The number of carbonyl (C=O) groups excluding carboxylic acids is 1. The van der Waals surface area contributed by atoms with E-state index in [1.807, 2.05) is 0 Å². The minimum absolute atomic E-state index is 0.00257. The first-order valence-corrected chi connectivity index (χ1v) is 8.59. The fraction of sp³-hybridized carbons (Fsp3) is 0.867. The van der Waals surface area contributed by atoms with E-state index in [9.17, 15) is 14.7 Å². The summed E-state index contributed by atoms with van der Waals surface area (Å²) in [4.78, 5) is 23.5. The van der Waals surface area contributed by atoms with Gasteiger partial charge in [0, 0.05) is 6.04 Å². The van der Waals surface area contributed by atoms with E-state index in [0.29, 0.717) is 32.1 Å². The molecule has 0 bridgehead atoms. The number of aliphatic carboxylic acids is 1. The lowest BCUT2D eigenvalue weighted by molar-refractivity contribution is -0.145. The van der Waals surface area contributed by atoms with Gasteiger partial charge in [-0.15, -0.1) is 0 Å². The van der Waals surface area contributed by atoms with E-state index in [1.54, 1.807) is 6.92 Å². The van der Waals surface area contributed by atoms with Crippen LogP contribution >= 0.6 is 0 Å². The van der Waals surface area contributed by atoms with Gasteiger partial charge in [-0.3, -0.25) is 9.59 Å². The van der Waals surface area contributed by atoms with E-state index in [-0.39, 0.29) is 36.0 Å². The number of hydrogen-bond acceptors (Lipinski definition) is 6. The van der Waals surface area contributed by atoms with Crippen molar-refractivity contribution in [2.24, 2.45) is 29.2 Å². The van der Waals surface area contributed by atoms with Crippen LogP contribution in [0, 0.1) is 17.8 Å².